The summed E-state index contributed by atoms with van der Waals surface area (Å²) in [6.07, 6.45) is 1.62. The molecule has 7 nitrogen and oxygen atoms in total. The standard InChI is InChI=1S/C22H22ClFN4O3S/c1-14-21(15(2)28(26-14)18-8-5-16(24)6-9-18)22(29)25-17-7-10-19(23)20(13-17)32(30,31)27-11-3-4-12-27/h5-10,13H,3-4,11-12H2,1-2H3,(H,25,29). The Labute approximate surface area is 190 Å². The normalized spacial score (nSPS) is 14.6. The Kier molecular flexibility index (Phi) is 6.07. The molecule has 0 unspecified atom stereocenters. The fourth-order valence-electron chi connectivity index (χ4n) is 3.84. The number of amides is 1. The second-order valence-electron chi connectivity index (χ2n) is 7.64. The molecule has 3 aromatic rings. The van der Waals surface area contributed by atoms with Crippen LogP contribution in [-0.2, 0) is 10.0 Å². The summed E-state index contributed by atoms with van der Waals surface area (Å²) < 4.78 is 42.1. The molecule has 32 heavy (non-hydrogen) atoms. The maximum atomic E-state index is 13.3. The summed E-state index contributed by atoms with van der Waals surface area (Å²) in [6, 6.07) is 10.2. The molecule has 0 aliphatic carbocycles. The van der Waals surface area contributed by atoms with E-state index in [0.717, 1.165) is 12.8 Å². The van der Waals surface area contributed by atoms with Crippen molar-refractivity contribution in [2.45, 2.75) is 31.6 Å². The molecule has 10 heteroatoms. The van der Waals surface area contributed by atoms with Crippen molar-refractivity contribution in [3.8, 4) is 5.69 Å². The molecule has 1 N–H and O–H groups in total. The lowest BCUT2D eigenvalue weighted by molar-refractivity contribution is 0.102. The molecule has 0 spiro atoms. The Bertz CT molecular complexity index is 1280. The van der Waals surface area contributed by atoms with Gasteiger partial charge < -0.3 is 5.32 Å². The molecule has 1 aromatic heterocycles. The number of hydrogen-bond acceptors (Lipinski definition) is 4. The van der Waals surface area contributed by atoms with E-state index in [0.29, 0.717) is 41.4 Å². The zero-order valence-electron chi connectivity index (χ0n) is 17.6. The molecule has 1 aliphatic rings. The predicted octanol–water partition coefficient (Wildman–Crippen LogP) is 4.32. The van der Waals surface area contributed by atoms with E-state index in [9.17, 15) is 17.6 Å². The Hall–Kier alpha value is -2.75. The molecule has 168 valence electrons. The number of carbonyl (C=O) groups is 1. The smallest absolute Gasteiger partial charge is 0.259 e. The predicted molar refractivity (Wildman–Crippen MR) is 120 cm³/mol. The summed E-state index contributed by atoms with van der Waals surface area (Å²) in [5, 5.41) is 7.26. The number of nitrogens with zero attached hydrogens (tertiary/aromatic N) is 3. The number of sulfonamides is 1. The summed E-state index contributed by atoms with van der Waals surface area (Å²) in [7, 11) is -3.74. The summed E-state index contributed by atoms with van der Waals surface area (Å²) in [5.74, 6) is -0.795. The number of halogens is 2. The van der Waals surface area contributed by atoms with E-state index in [4.69, 9.17) is 11.6 Å². The molecule has 2 heterocycles. The molecular weight excluding hydrogens is 455 g/mol. The van der Waals surface area contributed by atoms with Crippen molar-refractivity contribution in [2.24, 2.45) is 0 Å². The van der Waals surface area contributed by atoms with Crippen LogP contribution in [0.3, 0.4) is 0 Å². The number of rotatable bonds is 5. The van der Waals surface area contributed by atoms with Gasteiger partial charge in [-0.3, -0.25) is 4.79 Å². The minimum Gasteiger partial charge on any atom is -0.322 e. The average Bonchev–Trinajstić information content (AvgIpc) is 3.39. The van der Waals surface area contributed by atoms with E-state index >= 15 is 0 Å². The van der Waals surface area contributed by atoms with Crippen LogP contribution in [-0.4, -0.2) is 41.5 Å². The quantitative estimate of drug-likeness (QED) is 0.594. The third kappa shape index (κ3) is 4.15. The number of nitrogens with one attached hydrogen (secondary N) is 1. The highest BCUT2D eigenvalue weighted by Gasteiger charge is 2.29. The molecule has 0 radical (unpaired) electrons. The zero-order valence-corrected chi connectivity index (χ0v) is 19.2. The topological polar surface area (TPSA) is 84.3 Å². The highest BCUT2D eigenvalue weighted by Crippen LogP contribution is 2.30. The average molecular weight is 477 g/mol. The van der Waals surface area contributed by atoms with Crippen molar-refractivity contribution < 1.29 is 17.6 Å². The Morgan fingerprint density at radius 1 is 1.09 bits per heavy atom. The van der Waals surface area contributed by atoms with E-state index in [1.54, 1.807) is 36.7 Å². The maximum absolute atomic E-state index is 13.3. The molecule has 1 saturated heterocycles. The molecule has 1 amide bonds. The lowest BCUT2D eigenvalue weighted by Gasteiger charge is -2.17. The highest BCUT2D eigenvalue weighted by atomic mass is 35.5. The SMILES string of the molecule is Cc1nn(-c2ccc(F)cc2)c(C)c1C(=O)Nc1ccc(Cl)c(S(=O)(=O)N2CCCC2)c1. The van der Waals surface area contributed by atoms with Gasteiger partial charge in [0.15, 0.2) is 0 Å². The first kappa shape index (κ1) is 22.4. The lowest BCUT2D eigenvalue weighted by atomic mass is 10.1. The van der Waals surface area contributed by atoms with Crippen LogP contribution >= 0.6 is 11.6 Å². The van der Waals surface area contributed by atoms with Gasteiger partial charge in [0.2, 0.25) is 10.0 Å². The van der Waals surface area contributed by atoms with Gasteiger partial charge in [0.05, 0.1) is 27.7 Å². The van der Waals surface area contributed by atoms with Crippen LogP contribution < -0.4 is 5.32 Å². The van der Waals surface area contributed by atoms with E-state index < -0.39 is 15.9 Å². The third-order valence-corrected chi connectivity index (χ3v) is 7.84. The monoisotopic (exact) mass is 476 g/mol. The maximum Gasteiger partial charge on any atom is 0.259 e. The number of hydrogen-bond donors (Lipinski definition) is 1. The molecule has 0 atom stereocenters. The van der Waals surface area contributed by atoms with Crippen LogP contribution in [0, 0.1) is 19.7 Å². The van der Waals surface area contributed by atoms with E-state index in [1.165, 1.54) is 28.6 Å². The summed E-state index contributed by atoms with van der Waals surface area (Å²) in [6.45, 7) is 4.35. The Morgan fingerprint density at radius 2 is 1.75 bits per heavy atom. The number of aryl methyl sites for hydroxylation is 1. The Balaban J connectivity index is 1.63. The van der Waals surface area contributed by atoms with Gasteiger partial charge in [-0.15, -0.1) is 0 Å². The first-order valence-electron chi connectivity index (χ1n) is 10.1. The number of anilines is 1. The van der Waals surface area contributed by atoms with Gasteiger partial charge in [0, 0.05) is 18.8 Å². The lowest BCUT2D eigenvalue weighted by Crippen LogP contribution is -2.28. The third-order valence-electron chi connectivity index (χ3n) is 5.46. The second-order valence-corrected chi connectivity index (χ2v) is 9.96. The Morgan fingerprint density at radius 3 is 2.41 bits per heavy atom. The van der Waals surface area contributed by atoms with Crippen LogP contribution in [0.5, 0.6) is 0 Å². The van der Waals surface area contributed by atoms with Crippen molar-refractivity contribution in [2.75, 3.05) is 18.4 Å². The van der Waals surface area contributed by atoms with Gasteiger partial charge in [-0.05, 0) is 69.2 Å². The first-order valence-corrected chi connectivity index (χ1v) is 11.9. The van der Waals surface area contributed by atoms with Crippen molar-refractivity contribution in [1.29, 1.82) is 0 Å². The van der Waals surface area contributed by atoms with Crippen molar-refractivity contribution in [3.05, 3.63) is 70.3 Å². The molecule has 0 saturated carbocycles. The number of carbonyl (C=O) groups excluding carboxylic acids is 1. The van der Waals surface area contributed by atoms with E-state index in [1.807, 2.05) is 0 Å². The fraction of sp³-hybridized carbons (Fsp3) is 0.273. The van der Waals surface area contributed by atoms with Crippen LogP contribution in [0.4, 0.5) is 10.1 Å². The summed E-state index contributed by atoms with van der Waals surface area (Å²) in [4.78, 5) is 13.0. The minimum atomic E-state index is -3.74. The van der Waals surface area contributed by atoms with E-state index in [2.05, 4.69) is 10.4 Å². The molecule has 1 aliphatic heterocycles. The van der Waals surface area contributed by atoms with Gasteiger partial charge in [0.25, 0.3) is 5.91 Å². The van der Waals surface area contributed by atoms with Crippen LogP contribution in [0.15, 0.2) is 47.4 Å². The van der Waals surface area contributed by atoms with Crippen LogP contribution in [0.25, 0.3) is 5.69 Å². The van der Waals surface area contributed by atoms with Crippen molar-refractivity contribution in [1.82, 2.24) is 14.1 Å². The first-order chi connectivity index (χ1) is 15.2. The second kappa shape index (κ2) is 8.65. The largest absolute Gasteiger partial charge is 0.322 e. The van der Waals surface area contributed by atoms with Crippen molar-refractivity contribution >= 4 is 33.2 Å². The van der Waals surface area contributed by atoms with Gasteiger partial charge in [0.1, 0.15) is 10.7 Å². The van der Waals surface area contributed by atoms with E-state index in [-0.39, 0.29) is 15.7 Å². The number of aromatic nitrogens is 2. The molecular formula is C22H22ClFN4O3S. The van der Waals surface area contributed by atoms with Gasteiger partial charge in [-0.2, -0.15) is 9.40 Å². The van der Waals surface area contributed by atoms with Gasteiger partial charge >= 0.3 is 0 Å². The highest BCUT2D eigenvalue weighted by molar-refractivity contribution is 7.89. The molecule has 2 aromatic carbocycles. The van der Waals surface area contributed by atoms with Gasteiger partial charge in [-0.25, -0.2) is 17.5 Å². The number of benzene rings is 2. The minimum absolute atomic E-state index is 0.0330. The molecule has 1 fully saturated rings. The molecule has 0 bridgehead atoms. The van der Waals surface area contributed by atoms with Crippen LogP contribution in [0.2, 0.25) is 5.02 Å². The molecule has 4 rings (SSSR count). The summed E-state index contributed by atoms with van der Waals surface area (Å²) in [5.41, 5.74) is 2.35. The zero-order chi connectivity index (χ0) is 23.0. The van der Waals surface area contributed by atoms with Crippen LogP contribution in [0.1, 0.15) is 34.6 Å². The summed E-state index contributed by atoms with van der Waals surface area (Å²) >= 11 is 6.19. The van der Waals surface area contributed by atoms with Crippen molar-refractivity contribution in [3.63, 3.8) is 0 Å². The van der Waals surface area contributed by atoms with Gasteiger partial charge in [-0.1, -0.05) is 11.6 Å². The fourth-order valence-corrected chi connectivity index (χ4v) is 5.86.